The van der Waals surface area contributed by atoms with Gasteiger partial charge < -0.3 is 10.1 Å². The predicted octanol–water partition coefficient (Wildman–Crippen LogP) is 0.189. The van der Waals surface area contributed by atoms with Gasteiger partial charge in [0, 0.05) is 6.04 Å². The molecule has 0 radical (unpaired) electrons. The van der Waals surface area contributed by atoms with Crippen LogP contribution in [0.25, 0.3) is 0 Å². The summed E-state index contributed by atoms with van der Waals surface area (Å²) in [5.41, 5.74) is 0. The molecule has 1 saturated carbocycles. The van der Waals surface area contributed by atoms with Crippen LogP contribution in [0, 0.1) is 11.8 Å². The van der Waals surface area contributed by atoms with Crippen LogP contribution in [0.3, 0.4) is 0 Å². The lowest BCUT2D eigenvalue weighted by atomic mass is 9.74. The third-order valence-corrected chi connectivity index (χ3v) is 2.61. The Morgan fingerprint density at radius 1 is 1.64 bits per heavy atom. The zero-order valence-corrected chi connectivity index (χ0v) is 7.19. The molecule has 0 aromatic carbocycles. The highest BCUT2D eigenvalue weighted by Gasteiger charge is 2.51. The van der Waals surface area contributed by atoms with E-state index in [0.29, 0.717) is 12.0 Å². The quantitative estimate of drug-likeness (QED) is 0.582. The van der Waals surface area contributed by atoms with Gasteiger partial charge in [-0.15, -0.1) is 12.4 Å². The summed E-state index contributed by atoms with van der Waals surface area (Å²) in [7, 11) is 1.46. The summed E-state index contributed by atoms with van der Waals surface area (Å²) in [4.78, 5) is 11.0. The summed E-state index contributed by atoms with van der Waals surface area (Å²) in [6.45, 7) is 1.00. The molecule has 3 fully saturated rings. The topological polar surface area (TPSA) is 38.3 Å². The largest absolute Gasteiger partial charge is 0.469 e. The fourth-order valence-electron chi connectivity index (χ4n) is 1.97. The van der Waals surface area contributed by atoms with E-state index in [0.717, 1.165) is 6.54 Å². The zero-order chi connectivity index (χ0) is 7.14. The van der Waals surface area contributed by atoms with E-state index in [9.17, 15) is 4.79 Å². The fraction of sp³-hybridized carbons (Fsp3) is 0.857. The van der Waals surface area contributed by atoms with Crippen LogP contribution in [0.15, 0.2) is 0 Å². The van der Waals surface area contributed by atoms with Crippen molar-refractivity contribution in [1.82, 2.24) is 5.32 Å². The maximum absolute atomic E-state index is 11.0. The molecule has 0 aromatic heterocycles. The first-order valence-corrected chi connectivity index (χ1v) is 3.64. The van der Waals surface area contributed by atoms with Crippen LogP contribution in [0.5, 0.6) is 0 Å². The van der Waals surface area contributed by atoms with Crippen molar-refractivity contribution in [2.24, 2.45) is 11.8 Å². The second-order valence-corrected chi connectivity index (χ2v) is 3.06. The molecule has 1 aliphatic carbocycles. The summed E-state index contributed by atoms with van der Waals surface area (Å²) in [5.74, 6) is 0.702. The molecule has 2 saturated heterocycles. The Labute approximate surface area is 71.9 Å². The van der Waals surface area contributed by atoms with Crippen LogP contribution in [0.4, 0.5) is 0 Å². The van der Waals surface area contributed by atoms with E-state index in [1.807, 2.05) is 0 Å². The highest BCUT2D eigenvalue weighted by molar-refractivity contribution is 5.85. The Bertz CT molecular complexity index is 160. The lowest BCUT2D eigenvalue weighted by Gasteiger charge is -2.31. The number of esters is 1. The van der Waals surface area contributed by atoms with E-state index >= 15 is 0 Å². The number of hydrogen-bond donors (Lipinski definition) is 1. The van der Waals surface area contributed by atoms with E-state index in [2.05, 4.69) is 10.1 Å². The standard InChI is InChI=1S/C7H11NO2.ClH/c1-10-7(9)6-4-2-5(6)8-3-4;/h4-6,8H,2-3H2,1H3;1H/t4-,5+,6+;/m0./s1. The Balaban J connectivity index is 0.000000605. The van der Waals surface area contributed by atoms with E-state index in [4.69, 9.17) is 0 Å². The van der Waals surface area contributed by atoms with E-state index in [-0.39, 0.29) is 24.3 Å². The van der Waals surface area contributed by atoms with E-state index < -0.39 is 0 Å². The molecule has 64 valence electrons. The van der Waals surface area contributed by atoms with Crippen molar-refractivity contribution >= 4 is 18.4 Å². The van der Waals surface area contributed by atoms with Gasteiger partial charge >= 0.3 is 5.97 Å². The Hall–Kier alpha value is -0.280. The van der Waals surface area contributed by atoms with Crippen molar-refractivity contribution in [2.75, 3.05) is 13.7 Å². The Morgan fingerprint density at radius 3 is 2.73 bits per heavy atom. The molecule has 2 bridgehead atoms. The lowest BCUT2D eigenvalue weighted by molar-refractivity contribution is -0.150. The summed E-state index contributed by atoms with van der Waals surface area (Å²) in [5, 5.41) is 3.26. The number of fused-ring (bicyclic) bond motifs is 1. The molecule has 3 rings (SSSR count). The van der Waals surface area contributed by atoms with Gasteiger partial charge in [-0.1, -0.05) is 0 Å². The maximum atomic E-state index is 11.0. The molecule has 11 heavy (non-hydrogen) atoms. The number of halogens is 1. The molecule has 0 unspecified atom stereocenters. The average Bonchev–Trinajstić information content (AvgIpc) is 2.44. The lowest BCUT2D eigenvalue weighted by Crippen LogP contribution is -2.42. The summed E-state index contributed by atoms with van der Waals surface area (Å²) < 4.78 is 4.66. The number of carbonyl (C=O) groups is 1. The molecular formula is C7H12ClNO2. The number of nitrogens with one attached hydrogen (secondary N) is 1. The minimum absolute atomic E-state index is 0. The van der Waals surface area contributed by atoms with Gasteiger partial charge in [-0.25, -0.2) is 0 Å². The van der Waals surface area contributed by atoms with Gasteiger partial charge in [0.25, 0.3) is 0 Å². The molecule has 0 spiro atoms. The van der Waals surface area contributed by atoms with Crippen LogP contribution in [-0.2, 0) is 9.53 Å². The molecule has 2 heterocycles. The molecule has 4 heteroatoms. The predicted molar refractivity (Wildman–Crippen MR) is 42.7 cm³/mol. The second kappa shape index (κ2) is 2.99. The van der Waals surface area contributed by atoms with Crippen LogP contribution in [-0.4, -0.2) is 25.7 Å². The Morgan fingerprint density at radius 2 is 2.36 bits per heavy atom. The van der Waals surface area contributed by atoms with Crippen molar-refractivity contribution in [3.63, 3.8) is 0 Å². The first-order chi connectivity index (χ1) is 4.83. The van der Waals surface area contributed by atoms with Crippen LogP contribution >= 0.6 is 12.4 Å². The zero-order valence-electron chi connectivity index (χ0n) is 6.37. The van der Waals surface area contributed by atoms with Crippen LogP contribution in [0.1, 0.15) is 6.42 Å². The third-order valence-electron chi connectivity index (χ3n) is 2.61. The van der Waals surface area contributed by atoms with Crippen molar-refractivity contribution in [3.8, 4) is 0 Å². The molecule has 3 atom stereocenters. The van der Waals surface area contributed by atoms with Crippen molar-refractivity contribution in [3.05, 3.63) is 0 Å². The molecular weight excluding hydrogens is 166 g/mol. The molecule has 2 aliphatic heterocycles. The normalized spacial score (nSPS) is 38.8. The first-order valence-electron chi connectivity index (χ1n) is 3.64. The highest BCUT2D eigenvalue weighted by Crippen LogP contribution is 2.40. The number of carbonyl (C=O) groups excluding carboxylic acids is 1. The van der Waals surface area contributed by atoms with E-state index in [1.54, 1.807) is 0 Å². The molecule has 3 aliphatic rings. The van der Waals surface area contributed by atoms with Gasteiger partial charge in [0.1, 0.15) is 0 Å². The van der Waals surface area contributed by atoms with Crippen molar-refractivity contribution in [2.45, 2.75) is 12.5 Å². The van der Waals surface area contributed by atoms with Gasteiger partial charge in [-0.05, 0) is 18.9 Å². The third kappa shape index (κ3) is 1.12. The van der Waals surface area contributed by atoms with Crippen LogP contribution < -0.4 is 5.32 Å². The molecule has 0 aromatic rings. The fourth-order valence-corrected chi connectivity index (χ4v) is 1.97. The van der Waals surface area contributed by atoms with Crippen molar-refractivity contribution < 1.29 is 9.53 Å². The van der Waals surface area contributed by atoms with Gasteiger partial charge in [0.15, 0.2) is 0 Å². The molecule has 0 amide bonds. The number of ether oxygens (including phenoxy) is 1. The van der Waals surface area contributed by atoms with Crippen LogP contribution in [0.2, 0.25) is 0 Å². The van der Waals surface area contributed by atoms with Crippen molar-refractivity contribution in [1.29, 1.82) is 0 Å². The summed E-state index contributed by atoms with van der Waals surface area (Å²) >= 11 is 0. The summed E-state index contributed by atoms with van der Waals surface area (Å²) in [6.07, 6.45) is 1.17. The number of hydrogen-bond acceptors (Lipinski definition) is 3. The minimum atomic E-state index is -0.0359. The highest BCUT2D eigenvalue weighted by atomic mass is 35.5. The monoisotopic (exact) mass is 177 g/mol. The maximum Gasteiger partial charge on any atom is 0.310 e. The van der Waals surface area contributed by atoms with Gasteiger partial charge in [-0.3, -0.25) is 4.79 Å². The van der Waals surface area contributed by atoms with E-state index in [1.165, 1.54) is 13.5 Å². The second-order valence-electron chi connectivity index (χ2n) is 3.06. The molecule has 3 nitrogen and oxygen atoms in total. The number of methoxy groups -OCH3 is 1. The minimum Gasteiger partial charge on any atom is -0.469 e. The SMILES string of the molecule is COC(=O)[C@@H]1[C@@H]2CN[C@@H]1C2.Cl. The Kier molecular flexibility index (Phi) is 2.40. The van der Waals surface area contributed by atoms with Gasteiger partial charge in [0.05, 0.1) is 13.0 Å². The average molecular weight is 178 g/mol. The van der Waals surface area contributed by atoms with Gasteiger partial charge in [0.2, 0.25) is 0 Å². The summed E-state index contributed by atoms with van der Waals surface area (Å²) in [6, 6.07) is 0.428. The molecule has 1 N–H and O–H groups in total. The first kappa shape index (κ1) is 8.81. The number of rotatable bonds is 1. The van der Waals surface area contributed by atoms with Gasteiger partial charge in [-0.2, -0.15) is 0 Å². The smallest absolute Gasteiger partial charge is 0.310 e.